The van der Waals surface area contributed by atoms with Crippen LogP contribution in [0.25, 0.3) is 0 Å². The molecule has 0 aromatic rings. The summed E-state index contributed by atoms with van der Waals surface area (Å²) in [6.45, 7) is 0.592. The Morgan fingerprint density at radius 1 is 1.26 bits per heavy atom. The molecule has 0 fully saturated rings. The molecule has 0 bridgehead atoms. The van der Waals surface area contributed by atoms with E-state index in [0.717, 1.165) is 11.4 Å². The van der Waals surface area contributed by atoms with Gasteiger partial charge >= 0.3 is 11.9 Å². The molecule has 0 aromatic heterocycles. The highest BCUT2D eigenvalue weighted by atomic mass is 32.7. The SMILES string of the molecule is CCOC(=O)CC(SP(=O)(CS)OC)C(=O)OCC. The van der Waals surface area contributed by atoms with Crippen molar-refractivity contribution in [2.75, 3.05) is 25.8 Å². The van der Waals surface area contributed by atoms with Crippen LogP contribution in [0.4, 0.5) is 0 Å². The van der Waals surface area contributed by atoms with E-state index in [9.17, 15) is 14.2 Å². The first kappa shape index (κ1) is 18.8. The number of thiol groups is 1. The maximum absolute atomic E-state index is 12.1. The molecule has 0 aromatic carbocycles. The van der Waals surface area contributed by atoms with Gasteiger partial charge in [-0.3, -0.25) is 14.2 Å². The predicted octanol–water partition coefficient (Wildman–Crippen LogP) is 2.33. The zero-order valence-corrected chi connectivity index (χ0v) is 13.8. The molecule has 112 valence electrons. The Bertz CT molecular complexity index is 341. The summed E-state index contributed by atoms with van der Waals surface area (Å²) in [5, 5.41) is -0.920. The Hall–Kier alpha value is -0.170. The average molecular weight is 330 g/mol. The van der Waals surface area contributed by atoms with Crippen molar-refractivity contribution in [1.82, 2.24) is 0 Å². The van der Waals surface area contributed by atoms with E-state index in [2.05, 4.69) is 12.6 Å². The monoisotopic (exact) mass is 330 g/mol. The van der Waals surface area contributed by atoms with Crippen LogP contribution >= 0.6 is 30.6 Å². The number of carbonyl (C=O) groups is 2. The summed E-state index contributed by atoms with van der Waals surface area (Å²) in [5.41, 5.74) is -0.0348. The molecule has 0 radical (unpaired) electrons. The Kier molecular flexibility index (Phi) is 9.60. The van der Waals surface area contributed by atoms with Gasteiger partial charge in [-0.25, -0.2) is 0 Å². The summed E-state index contributed by atoms with van der Waals surface area (Å²) < 4.78 is 26.6. The van der Waals surface area contributed by atoms with Crippen molar-refractivity contribution in [3.8, 4) is 0 Å². The normalized spacial score (nSPS) is 15.4. The van der Waals surface area contributed by atoms with Gasteiger partial charge in [0, 0.05) is 7.11 Å². The van der Waals surface area contributed by atoms with Gasteiger partial charge in [0.25, 0.3) is 6.57 Å². The molecular weight excluding hydrogens is 311 g/mol. The van der Waals surface area contributed by atoms with Crippen molar-refractivity contribution in [2.24, 2.45) is 0 Å². The summed E-state index contributed by atoms with van der Waals surface area (Å²) in [7, 11) is 1.27. The highest BCUT2D eigenvalue weighted by Crippen LogP contribution is 2.61. The molecule has 0 saturated carbocycles. The molecule has 2 atom stereocenters. The third-order valence-corrected chi connectivity index (χ3v) is 8.04. The molecule has 0 rings (SSSR count). The maximum Gasteiger partial charge on any atom is 0.320 e. The van der Waals surface area contributed by atoms with Crippen molar-refractivity contribution >= 4 is 42.5 Å². The predicted molar refractivity (Wildman–Crippen MR) is 77.7 cm³/mol. The smallest absolute Gasteiger partial charge is 0.320 e. The van der Waals surface area contributed by atoms with Crippen molar-refractivity contribution in [3.63, 3.8) is 0 Å². The summed E-state index contributed by atoms with van der Waals surface area (Å²) in [4.78, 5) is 23.2. The van der Waals surface area contributed by atoms with E-state index in [0.29, 0.717) is 0 Å². The van der Waals surface area contributed by atoms with Crippen LogP contribution in [0.1, 0.15) is 20.3 Å². The van der Waals surface area contributed by atoms with Crippen LogP contribution in [0, 0.1) is 0 Å². The Morgan fingerprint density at radius 2 is 1.84 bits per heavy atom. The Balaban J connectivity index is 4.81. The summed E-state index contributed by atoms with van der Waals surface area (Å²) in [6, 6.07) is 0. The average Bonchev–Trinajstić information content (AvgIpc) is 2.38. The van der Waals surface area contributed by atoms with E-state index in [4.69, 9.17) is 14.0 Å². The van der Waals surface area contributed by atoms with Gasteiger partial charge in [-0.15, -0.1) is 0 Å². The van der Waals surface area contributed by atoms with Crippen LogP contribution in [-0.4, -0.2) is 43.0 Å². The van der Waals surface area contributed by atoms with Gasteiger partial charge in [-0.2, -0.15) is 12.6 Å². The lowest BCUT2D eigenvalue weighted by Crippen LogP contribution is -2.24. The molecule has 2 unspecified atom stereocenters. The fraction of sp³-hybridized carbons (Fsp3) is 0.800. The zero-order chi connectivity index (χ0) is 14.9. The van der Waals surface area contributed by atoms with Crippen molar-refractivity contribution in [3.05, 3.63) is 0 Å². The first-order valence-electron chi connectivity index (χ1n) is 5.68. The molecule has 6 nitrogen and oxygen atoms in total. The van der Waals surface area contributed by atoms with Crippen molar-refractivity contribution in [2.45, 2.75) is 25.5 Å². The second-order valence-electron chi connectivity index (χ2n) is 3.29. The summed E-state index contributed by atoms with van der Waals surface area (Å²) >= 11 is 4.71. The number of hydrogen-bond donors (Lipinski definition) is 1. The molecule has 9 heteroatoms. The van der Waals surface area contributed by atoms with Crippen LogP contribution < -0.4 is 0 Å². The quantitative estimate of drug-likeness (QED) is 0.395. The van der Waals surface area contributed by atoms with E-state index in [1.54, 1.807) is 13.8 Å². The van der Waals surface area contributed by atoms with E-state index in [1.807, 2.05) is 0 Å². The third-order valence-electron chi connectivity index (χ3n) is 1.95. The lowest BCUT2D eigenvalue weighted by Gasteiger charge is -2.19. The Morgan fingerprint density at radius 3 is 2.26 bits per heavy atom. The molecule has 0 heterocycles. The molecular formula is C10H19O6PS2. The third kappa shape index (κ3) is 7.25. The van der Waals surface area contributed by atoms with E-state index < -0.39 is 23.8 Å². The van der Waals surface area contributed by atoms with Gasteiger partial charge in [0.05, 0.1) is 25.1 Å². The van der Waals surface area contributed by atoms with Crippen LogP contribution in [0.3, 0.4) is 0 Å². The van der Waals surface area contributed by atoms with Crippen molar-refractivity contribution in [1.29, 1.82) is 0 Å². The summed E-state index contributed by atoms with van der Waals surface area (Å²) in [6.07, 6.45) is -0.210. The minimum Gasteiger partial charge on any atom is -0.466 e. The minimum absolute atomic E-state index is 0.0348. The van der Waals surface area contributed by atoms with Gasteiger partial charge in [-0.05, 0) is 13.8 Å². The second-order valence-corrected chi connectivity index (χ2v) is 9.09. The van der Waals surface area contributed by atoms with Gasteiger partial charge in [-0.1, -0.05) is 11.4 Å². The standard InChI is InChI=1S/C10H19O6PS2/c1-4-15-9(11)6-8(10(12)16-5-2)19-17(13,7-18)14-3/h8,18H,4-7H2,1-3H3. The Labute approximate surface area is 122 Å². The lowest BCUT2D eigenvalue weighted by atomic mass is 10.3. The van der Waals surface area contributed by atoms with E-state index in [-0.39, 0.29) is 25.1 Å². The van der Waals surface area contributed by atoms with E-state index >= 15 is 0 Å². The number of rotatable bonds is 9. The molecule has 0 saturated heterocycles. The number of hydrogen-bond acceptors (Lipinski definition) is 8. The molecule has 0 spiro atoms. The van der Waals surface area contributed by atoms with Crippen molar-refractivity contribution < 1.29 is 28.2 Å². The van der Waals surface area contributed by atoms with Gasteiger partial charge in [0.2, 0.25) is 0 Å². The van der Waals surface area contributed by atoms with Crippen LogP contribution in [0.2, 0.25) is 0 Å². The molecule has 0 N–H and O–H groups in total. The fourth-order valence-electron chi connectivity index (χ4n) is 1.10. The topological polar surface area (TPSA) is 78.9 Å². The minimum atomic E-state index is -3.12. The van der Waals surface area contributed by atoms with Gasteiger partial charge in [0.15, 0.2) is 0 Å². The largest absolute Gasteiger partial charge is 0.466 e. The van der Waals surface area contributed by atoms with Crippen LogP contribution in [0.15, 0.2) is 0 Å². The maximum atomic E-state index is 12.1. The number of carbonyl (C=O) groups excluding carboxylic acids is 2. The molecule has 0 aliphatic rings. The van der Waals surface area contributed by atoms with Gasteiger partial charge in [0.1, 0.15) is 5.25 Å². The fourth-order valence-corrected chi connectivity index (χ4v) is 5.17. The first-order chi connectivity index (χ1) is 8.92. The summed E-state index contributed by atoms with van der Waals surface area (Å²) in [5.74, 6) is -1.16. The van der Waals surface area contributed by atoms with Gasteiger partial charge < -0.3 is 14.0 Å². The van der Waals surface area contributed by atoms with Crippen LogP contribution in [-0.2, 0) is 28.2 Å². The number of esters is 2. The molecule has 19 heavy (non-hydrogen) atoms. The molecule has 0 amide bonds. The second kappa shape index (κ2) is 9.69. The lowest BCUT2D eigenvalue weighted by molar-refractivity contribution is -0.149. The molecule has 0 aliphatic heterocycles. The first-order valence-corrected chi connectivity index (χ1v) is 9.61. The molecule has 0 aliphatic carbocycles. The zero-order valence-electron chi connectivity index (χ0n) is 11.2. The highest BCUT2D eigenvalue weighted by Gasteiger charge is 2.33. The number of ether oxygens (including phenoxy) is 2. The van der Waals surface area contributed by atoms with E-state index in [1.165, 1.54) is 7.11 Å². The highest BCUT2D eigenvalue weighted by molar-refractivity contribution is 8.58. The van der Waals surface area contributed by atoms with Crippen LogP contribution in [0.5, 0.6) is 0 Å².